The van der Waals surface area contributed by atoms with E-state index in [9.17, 15) is 9.59 Å². The van der Waals surface area contributed by atoms with Gasteiger partial charge in [0.1, 0.15) is 11.5 Å². The summed E-state index contributed by atoms with van der Waals surface area (Å²) in [7, 11) is 2.03. The maximum atomic E-state index is 14.2. The molecule has 9 nitrogen and oxygen atoms in total. The van der Waals surface area contributed by atoms with E-state index >= 15 is 0 Å². The van der Waals surface area contributed by atoms with Gasteiger partial charge in [-0.3, -0.25) is 14.5 Å². The van der Waals surface area contributed by atoms with Gasteiger partial charge in [0.25, 0.3) is 0 Å². The Bertz CT molecular complexity index is 1980. The molecule has 0 aliphatic carbocycles. The van der Waals surface area contributed by atoms with Gasteiger partial charge in [0.2, 0.25) is 0 Å². The number of carboxylic acids is 1. The van der Waals surface area contributed by atoms with Gasteiger partial charge < -0.3 is 28.9 Å². The van der Waals surface area contributed by atoms with Crippen LogP contribution in [-0.4, -0.2) is 79.3 Å². The molecule has 0 unspecified atom stereocenters. The molecule has 1 fully saturated rings. The van der Waals surface area contributed by atoms with E-state index < -0.39 is 5.97 Å². The normalized spacial score (nSPS) is 13.3. The van der Waals surface area contributed by atoms with Crippen molar-refractivity contribution in [2.45, 2.75) is 52.5 Å². The van der Waals surface area contributed by atoms with Gasteiger partial charge in [0, 0.05) is 86.7 Å². The Morgan fingerprint density at radius 2 is 1.53 bits per heavy atom. The minimum atomic E-state index is -0.825. The topological polar surface area (TPSA) is 87.5 Å². The number of ketones is 1. The molecule has 5 aromatic rings. The van der Waals surface area contributed by atoms with Crippen molar-refractivity contribution in [3.63, 3.8) is 0 Å². The van der Waals surface area contributed by atoms with Crippen LogP contribution in [0, 0.1) is 0 Å². The van der Waals surface area contributed by atoms with E-state index in [1.807, 2.05) is 66.3 Å². The molecule has 1 aromatic heterocycles. The molecule has 9 heteroatoms. The maximum absolute atomic E-state index is 14.2. The zero-order valence-corrected chi connectivity index (χ0v) is 31.3. The molecule has 2 heterocycles. The van der Waals surface area contributed by atoms with Crippen LogP contribution in [-0.2, 0) is 17.8 Å². The van der Waals surface area contributed by atoms with E-state index in [4.69, 9.17) is 14.6 Å². The molecule has 6 rings (SSSR count). The Morgan fingerprint density at radius 1 is 0.792 bits per heavy atom. The maximum Gasteiger partial charge on any atom is 0.303 e. The summed E-state index contributed by atoms with van der Waals surface area (Å²) < 4.78 is 14.6. The molecule has 53 heavy (non-hydrogen) atoms. The van der Waals surface area contributed by atoms with Crippen LogP contribution in [0.5, 0.6) is 11.5 Å². The van der Waals surface area contributed by atoms with Crippen LogP contribution >= 0.6 is 0 Å². The number of anilines is 3. The number of piperazine rings is 1. The fourth-order valence-corrected chi connectivity index (χ4v) is 7.05. The Labute approximate surface area is 313 Å². The van der Waals surface area contributed by atoms with Crippen molar-refractivity contribution in [1.29, 1.82) is 0 Å². The number of carbonyl (C=O) groups is 2. The molecule has 0 atom stereocenters. The Hall–Kier alpha value is -5.28. The number of ether oxygens (including phenoxy) is 2. The highest BCUT2D eigenvalue weighted by Crippen LogP contribution is 2.36. The van der Waals surface area contributed by atoms with E-state index in [1.54, 1.807) is 0 Å². The van der Waals surface area contributed by atoms with Crippen molar-refractivity contribution in [3.05, 3.63) is 114 Å². The molecule has 0 amide bonds. The SMILES string of the molecule is CCCOc1ccccc1N1CCN(CCCOc2cc(C(=O)c3cn(CCCC(=O)O)c4ccccc34)ccc2N(C)c2ccc(CC)cc2)CC1. The van der Waals surface area contributed by atoms with Gasteiger partial charge in [-0.2, -0.15) is 0 Å². The second-order valence-corrected chi connectivity index (χ2v) is 13.7. The van der Waals surface area contributed by atoms with Gasteiger partial charge >= 0.3 is 5.97 Å². The Morgan fingerprint density at radius 3 is 2.28 bits per heavy atom. The summed E-state index contributed by atoms with van der Waals surface area (Å²) in [4.78, 5) is 32.4. The molecule has 278 valence electrons. The first-order valence-corrected chi connectivity index (χ1v) is 19.0. The highest BCUT2D eigenvalue weighted by molar-refractivity contribution is 6.16. The van der Waals surface area contributed by atoms with Gasteiger partial charge in [-0.05, 0) is 79.8 Å². The van der Waals surface area contributed by atoms with Crippen LogP contribution in [0.4, 0.5) is 17.1 Å². The average molecular weight is 717 g/mol. The van der Waals surface area contributed by atoms with Gasteiger partial charge in [0.05, 0.1) is 24.6 Å². The lowest BCUT2D eigenvalue weighted by Gasteiger charge is -2.36. The van der Waals surface area contributed by atoms with Gasteiger partial charge in [-0.15, -0.1) is 0 Å². The average Bonchev–Trinajstić information content (AvgIpc) is 3.56. The molecule has 1 aliphatic heterocycles. The molecule has 4 aromatic carbocycles. The number of aryl methyl sites for hydroxylation is 2. The monoisotopic (exact) mass is 716 g/mol. The summed E-state index contributed by atoms with van der Waals surface area (Å²) in [5.74, 6) is 0.704. The minimum absolute atomic E-state index is 0.0753. The highest BCUT2D eigenvalue weighted by Gasteiger charge is 2.22. The summed E-state index contributed by atoms with van der Waals surface area (Å²) in [5.41, 5.74) is 6.43. The lowest BCUT2D eigenvalue weighted by Crippen LogP contribution is -2.46. The number of rotatable bonds is 18. The van der Waals surface area contributed by atoms with Crippen molar-refractivity contribution in [1.82, 2.24) is 9.47 Å². The van der Waals surface area contributed by atoms with E-state index in [-0.39, 0.29) is 12.2 Å². The third-order valence-corrected chi connectivity index (χ3v) is 10.1. The quantitative estimate of drug-likeness (QED) is 0.0715. The molecule has 0 bridgehead atoms. The molecule has 0 radical (unpaired) electrons. The number of carboxylic acid groups (broad SMARTS) is 1. The van der Waals surface area contributed by atoms with E-state index in [2.05, 4.69) is 71.0 Å². The predicted molar refractivity (Wildman–Crippen MR) is 214 cm³/mol. The highest BCUT2D eigenvalue weighted by atomic mass is 16.5. The number of para-hydroxylation sites is 3. The van der Waals surface area contributed by atoms with Crippen LogP contribution in [0.2, 0.25) is 0 Å². The van der Waals surface area contributed by atoms with Gasteiger partial charge in [-0.25, -0.2) is 0 Å². The number of fused-ring (bicyclic) bond motifs is 1. The second kappa shape index (κ2) is 18.0. The molecule has 1 N–H and O–H groups in total. The van der Waals surface area contributed by atoms with E-state index in [0.29, 0.717) is 36.4 Å². The summed E-state index contributed by atoms with van der Waals surface area (Å²) in [5, 5.41) is 10.0. The van der Waals surface area contributed by atoms with Gasteiger partial charge in [0.15, 0.2) is 5.78 Å². The van der Waals surface area contributed by atoms with Crippen LogP contribution in [0.3, 0.4) is 0 Å². The number of carbonyl (C=O) groups excluding carboxylic acids is 1. The summed E-state index contributed by atoms with van der Waals surface area (Å²) >= 11 is 0. The molecular weight excluding hydrogens is 665 g/mol. The summed E-state index contributed by atoms with van der Waals surface area (Å²) in [6.45, 7) is 10.8. The number of aliphatic carboxylic acids is 1. The Balaban J connectivity index is 1.16. The predicted octanol–water partition coefficient (Wildman–Crippen LogP) is 8.45. The third-order valence-electron chi connectivity index (χ3n) is 10.1. The van der Waals surface area contributed by atoms with E-state index in [0.717, 1.165) is 86.6 Å². The minimum Gasteiger partial charge on any atom is -0.491 e. The van der Waals surface area contributed by atoms with Crippen molar-refractivity contribution in [2.24, 2.45) is 0 Å². The third kappa shape index (κ3) is 9.21. The van der Waals surface area contributed by atoms with Crippen LogP contribution in [0.1, 0.15) is 61.0 Å². The van der Waals surface area contributed by atoms with Crippen LogP contribution < -0.4 is 19.3 Å². The van der Waals surface area contributed by atoms with Crippen LogP contribution in [0.15, 0.2) is 97.2 Å². The first-order valence-electron chi connectivity index (χ1n) is 19.0. The van der Waals surface area contributed by atoms with E-state index in [1.165, 1.54) is 11.3 Å². The zero-order valence-electron chi connectivity index (χ0n) is 31.3. The zero-order chi connectivity index (χ0) is 37.2. The fraction of sp³-hybridized carbons (Fsp3) is 0.364. The number of hydrogen-bond acceptors (Lipinski definition) is 7. The van der Waals surface area contributed by atoms with Crippen molar-refractivity contribution in [2.75, 3.05) is 62.8 Å². The number of aromatic nitrogens is 1. The smallest absolute Gasteiger partial charge is 0.303 e. The fourth-order valence-electron chi connectivity index (χ4n) is 7.05. The molecule has 0 spiro atoms. The lowest BCUT2D eigenvalue weighted by molar-refractivity contribution is -0.137. The number of benzene rings is 4. The van der Waals surface area contributed by atoms with Crippen molar-refractivity contribution in [3.8, 4) is 11.5 Å². The van der Waals surface area contributed by atoms with Crippen LogP contribution in [0.25, 0.3) is 10.9 Å². The van der Waals surface area contributed by atoms with Crippen molar-refractivity contribution < 1.29 is 24.2 Å². The standard InChI is InChI=1S/C44H52N4O5/c1-4-29-52-41-15-9-8-14-40(41)47-27-25-46(26-28-47)23-11-30-53-42-31-34(19-22-39(42)45(3)35-20-17-33(5-2)18-21-35)44(51)37-32-48(24-10-16-43(49)50)38-13-7-6-12-36(37)38/h6-9,12-15,17-22,31-32H,4-5,10-11,16,23-30H2,1-3H3,(H,49,50). The number of hydrogen-bond donors (Lipinski definition) is 1. The summed E-state index contributed by atoms with van der Waals surface area (Å²) in [6.07, 6.45) is 5.23. The Kier molecular flexibility index (Phi) is 12.7. The van der Waals surface area contributed by atoms with Gasteiger partial charge in [-0.1, -0.05) is 56.3 Å². The first kappa shape index (κ1) is 37.5. The second-order valence-electron chi connectivity index (χ2n) is 13.7. The molecular formula is C44H52N4O5. The molecule has 0 saturated carbocycles. The van der Waals surface area contributed by atoms with Crippen molar-refractivity contribution >= 4 is 39.7 Å². The molecule has 1 saturated heterocycles. The first-order chi connectivity index (χ1) is 25.9. The lowest BCUT2D eigenvalue weighted by atomic mass is 10.0. The number of nitrogens with zero attached hydrogens (tertiary/aromatic N) is 4. The largest absolute Gasteiger partial charge is 0.491 e. The summed E-state index contributed by atoms with van der Waals surface area (Å²) in [6, 6.07) is 30.4. The molecule has 1 aliphatic rings.